The van der Waals surface area contributed by atoms with Gasteiger partial charge in [0.05, 0.1) is 10.9 Å². The zero-order chi connectivity index (χ0) is 13.2. The van der Waals surface area contributed by atoms with Gasteiger partial charge < -0.3 is 4.57 Å². The lowest BCUT2D eigenvalue weighted by atomic mass is 10.4. The summed E-state index contributed by atoms with van der Waals surface area (Å²) in [4.78, 5) is 13.4. The van der Waals surface area contributed by atoms with Crippen molar-refractivity contribution < 1.29 is 0 Å². The molecule has 0 saturated carbocycles. The molecule has 3 rings (SSSR count). The molecule has 0 saturated heterocycles. The van der Waals surface area contributed by atoms with Crippen LogP contribution >= 0.6 is 22.9 Å². The second-order valence-corrected chi connectivity index (χ2v) is 5.50. The molecule has 0 N–H and O–H groups in total. The van der Waals surface area contributed by atoms with Gasteiger partial charge in [-0.25, -0.2) is 15.0 Å². The largest absolute Gasteiger partial charge is 0.311 e. The van der Waals surface area contributed by atoms with Gasteiger partial charge in [0.2, 0.25) is 0 Å². The van der Waals surface area contributed by atoms with Gasteiger partial charge in [0.1, 0.15) is 11.3 Å². The third-order valence-corrected chi connectivity index (χ3v) is 4.18. The highest BCUT2D eigenvalue weighted by Gasteiger charge is 2.11. The number of hydrogen-bond acceptors (Lipinski definition) is 4. The Morgan fingerprint density at radius 2 is 2.26 bits per heavy atom. The molecule has 3 aromatic rings. The Morgan fingerprint density at radius 3 is 3.00 bits per heavy atom. The highest BCUT2D eigenvalue weighted by Crippen LogP contribution is 2.17. The van der Waals surface area contributed by atoms with Gasteiger partial charge in [-0.3, -0.25) is 0 Å². The predicted octanol–water partition coefficient (Wildman–Crippen LogP) is 3.18. The van der Waals surface area contributed by atoms with Crippen molar-refractivity contribution in [1.29, 1.82) is 0 Å². The maximum absolute atomic E-state index is 5.97. The summed E-state index contributed by atoms with van der Waals surface area (Å²) in [6.45, 7) is 2.82. The fourth-order valence-electron chi connectivity index (χ4n) is 2.07. The Hall–Kier alpha value is -1.46. The minimum Gasteiger partial charge on any atom is -0.311 e. The lowest BCUT2D eigenvalue weighted by Crippen LogP contribution is -2.05. The molecule has 0 aliphatic carbocycles. The molecule has 3 heterocycles. The van der Waals surface area contributed by atoms with Crippen LogP contribution in [0.4, 0.5) is 0 Å². The Labute approximate surface area is 120 Å². The van der Waals surface area contributed by atoms with Crippen molar-refractivity contribution in [2.45, 2.75) is 25.8 Å². The van der Waals surface area contributed by atoms with Crippen LogP contribution < -0.4 is 0 Å². The fraction of sp³-hybridized carbons (Fsp3) is 0.308. The monoisotopic (exact) mass is 292 g/mol. The van der Waals surface area contributed by atoms with Crippen LogP contribution in [0.25, 0.3) is 11.2 Å². The summed E-state index contributed by atoms with van der Waals surface area (Å²) < 4.78 is 2.08. The van der Waals surface area contributed by atoms with E-state index in [9.17, 15) is 0 Å². The molecule has 0 unspecified atom stereocenters. The summed E-state index contributed by atoms with van der Waals surface area (Å²) in [7, 11) is 0. The van der Waals surface area contributed by atoms with Crippen molar-refractivity contribution in [3.63, 3.8) is 0 Å². The molecule has 0 aromatic carbocycles. The second-order valence-electron chi connectivity index (χ2n) is 4.29. The number of aryl methyl sites for hydroxylation is 3. The second kappa shape index (κ2) is 5.27. The van der Waals surface area contributed by atoms with E-state index in [4.69, 9.17) is 11.6 Å². The SMILES string of the molecule is Cc1csc(CCn2c(CCl)nc3cccnc32)n1. The molecule has 6 heteroatoms. The first kappa shape index (κ1) is 12.6. The zero-order valence-electron chi connectivity index (χ0n) is 10.5. The molecule has 0 radical (unpaired) electrons. The van der Waals surface area contributed by atoms with Gasteiger partial charge >= 0.3 is 0 Å². The van der Waals surface area contributed by atoms with Gasteiger partial charge in [0.15, 0.2) is 5.65 Å². The number of thiazole rings is 1. The summed E-state index contributed by atoms with van der Waals surface area (Å²) in [5.74, 6) is 1.26. The summed E-state index contributed by atoms with van der Waals surface area (Å²) in [6.07, 6.45) is 2.66. The van der Waals surface area contributed by atoms with Crippen LogP contribution in [0, 0.1) is 6.92 Å². The minimum atomic E-state index is 0.396. The molecule has 98 valence electrons. The molecule has 0 atom stereocenters. The molecule has 0 spiro atoms. The Kier molecular flexibility index (Phi) is 3.48. The van der Waals surface area contributed by atoms with E-state index in [1.807, 2.05) is 19.1 Å². The van der Waals surface area contributed by atoms with Crippen LogP contribution in [0.3, 0.4) is 0 Å². The van der Waals surface area contributed by atoms with E-state index in [2.05, 4.69) is 24.9 Å². The number of nitrogens with zero attached hydrogens (tertiary/aromatic N) is 4. The Balaban J connectivity index is 1.90. The molecule has 19 heavy (non-hydrogen) atoms. The minimum absolute atomic E-state index is 0.396. The Bertz CT molecular complexity index is 704. The highest BCUT2D eigenvalue weighted by molar-refractivity contribution is 7.09. The molecule has 0 fully saturated rings. The predicted molar refractivity (Wildman–Crippen MR) is 77.6 cm³/mol. The number of alkyl halides is 1. The van der Waals surface area contributed by atoms with E-state index in [0.717, 1.165) is 40.7 Å². The topological polar surface area (TPSA) is 43.6 Å². The van der Waals surface area contributed by atoms with Crippen molar-refractivity contribution >= 4 is 34.1 Å². The summed E-state index contributed by atoms with van der Waals surface area (Å²) in [5, 5.41) is 3.21. The van der Waals surface area contributed by atoms with Crippen LogP contribution in [0.1, 0.15) is 16.5 Å². The van der Waals surface area contributed by atoms with Crippen LogP contribution in [0.15, 0.2) is 23.7 Å². The Morgan fingerprint density at radius 1 is 1.37 bits per heavy atom. The fourth-order valence-corrected chi connectivity index (χ4v) is 3.04. The molecule has 0 amide bonds. The van der Waals surface area contributed by atoms with Crippen molar-refractivity contribution in [3.05, 3.63) is 40.2 Å². The molecule has 0 aliphatic rings. The lowest BCUT2D eigenvalue weighted by Gasteiger charge is -2.05. The maximum Gasteiger partial charge on any atom is 0.160 e. The third-order valence-electron chi connectivity index (χ3n) is 2.92. The van der Waals surface area contributed by atoms with E-state index in [-0.39, 0.29) is 0 Å². The molecule has 3 aromatic heterocycles. The maximum atomic E-state index is 5.97. The van der Waals surface area contributed by atoms with Gasteiger partial charge in [0.25, 0.3) is 0 Å². The molecular formula is C13H13ClN4S. The number of pyridine rings is 1. The number of aromatic nitrogens is 4. The lowest BCUT2D eigenvalue weighted by molar-refractivity contribution is 0.679. The highest BCUT2D eigenvalue weighted by atomic mass is 35.5. The van der Waals surface area contributed by atoms with E-state index in [1.54, 1.807) is 17.5 Å². The molecule has 0 aliphatic heterocycles. The standard InChI is InChI=1S/C13H13ClN4S/c1-9-8-19-12(16-9)4-6-18-11(7-14)17-10-3-2-5-15-13(10)18/h2-3,5,8H,4,6-7H2,1H3. The van der Waals surface area contributed by atoms with E-state index in [0.29, 0.717) is 5.88 Å². The van der Waals surface area contributed by atoms with Gasteiger partial charge in [-0.2, -0.15) is 0 Å². The number of imidazole rings is 1. The van der Waals surface area contributed by atoms with Crippen molar-refractivity contribution in [2.75, 3.05) is 0 Å². The number of rotatable bonds is 4. The average Bonchev–Trinajstić information content (AvgIpc) is 2.99. The van der Waals surface area contributed by atoms with E-state index >= 15 is 0 Å². The van der Waals surface area contributed by atoms with Crippen LogP contribution in [0.5, 0.6) is 0 Å². The summed E-state index contributed by atoms with van der Waals surface area (Å²) in [5.41, 5.74) is 2.87. The third kappa shape index (κ3) is 2.48. The smallest absolute Gasteiger partial charge is 0.160 e. The normalized spacial score (nSPS) is 11.3. The first-order valence-electron chi connectivity index (χ1n) is 6.05. The van der Waals surface area contributed by atoms with Crippen molar-refractivity contribution in [2.24, 2.45) is 0 Å². The van der Waals surface area contributed by atoms with Gasteiger partial charge in [-0.1, -0.05) is 0 Å². The average molecular weight is 293 g/mol. The molecule has 0 bridgehead atoms. The zero-order valence-corrected chi connectivity index (χ0v) is 12.1. The number of fused-ring (bicyclic) bond motifs is 1. The molecular weight excluding hydrogens is 280 g/mol. The van der Waals surface area contributed by atoms with Crippen molar-refractivity contribution in [1.82, 2.24) is 19.5 Å². The quantitative estimate of drug-likeness (QED) is 0.694. The van der Waals surface area contributed by atoms with Gasteiger partial charge in [-0.15, -0.1) is 22.9 Å². The van der Waals surface area contributed by atoms with Gasteiger partial charge in [0, 0.05) is 30.2 Å². The van der Waals surface area contributed by atoms with Crippen molar-refractivity contribution in [3.8, 4) is 0 Å². The van der Waals surface area contributed by atoms with Crippen LogP contribution in [-0.4, -0.2) is 19.5 Å². The number of halogens is 1. The summed E-state index contributed by atoms with van der Waals surface area (Å²) >= 11 is 7.66. The summed E-state index contributed by atoms with van der Waals surface area (Å²) in [6, 6.07) is 3.85. The first-order chi connectivity index (χ1) is 9.28. The molecule has 4 nitrogen and oxygen atoms in total. The number of hydrogen-bond donors (Lipinski definition) is 0. The first-order valence-corrected chi connectivity index (χ1v) is 7.46. The van der Waals surface area contributed by atoms with Crippen LogP contribution in [-0.2, 0) is 18.8 Å². The van der Waals surface area contributed by atoms with Crippen LogP contribution in [0.2, 0.25) is 0 Å². The van der Waals surface area contributed by atoms with Gasteiger partial charge in [-0.05, 0) is 19.1 Å². The van der Waals surface area contributed by atoms with E-state index in [1.165, 1.54) is 0 Å². The van der Waals surface area contributed by atoms with E-state index < -0.39 is 0 Å².